The molecule has 3 aromatic rings. The van der Waals surface area contributed by atoms with Gasteiger partial charge in [-0.1, -0.05) is 42.5 Å². The number of carbonyl (C=O) groups excluding carboxylic acids is 1. The maximum absolute atomic E-state index is 12.5. The lowest BCUT2D eigenvalue weighted by Gasteiger charge is -2.21. The highest BCUT2D eigenvalue weighted by molar-refractivity contribution is 5.89. The van der Waals surface area contributed by atoms with Crippen LogP contribution in [0.25, 0.3) is 0 Å². The zero-order chi connectivity index (χ0) is 22.1. The van der Waals surface area contributed by atoms with Crippen molar-refractivity contribution in [3.8, 4) is 0 Å². The second-order valence-corrected chi connectivity index (χ2v) is 7.20. The van der Waals surface area contributed by atoms with E-state index in [0.717, 1.165) is 11.1 Å². The zero-order valence-corrected chi connectivity index (χ0v) is 17.3. The minimum Gasteiger partial charge on any atom is -0.389 e. The highest BCUT2D eigenvalue weighted by Gasteiger charge is 2.14. The molecule has 3 rings (SSSR count). The molecular weight excluding hydrogens is 396 g/mol. The molecule has 0 saturated carbocycles. The summed E-state index contributed by atoms with van der Waals surface area (Å²) in [5, 5.41) is 13.0. The lowest BCUT2D eigenvalue weighted by molar-refractivity contribution is 0.0188. The SMILES string of the molecule is CN(C[C@@H](O)COCc1ccccc1)C(=O)Nc1cccc(Cn2cccnc2=O)c1. The van der Waals surface area contributed by atoms with E-state index in [1.807, 2.05) is 36.4 Å². The van der Waals surface area contributed by atoms with E-state index in [9.17, 15) is 14.7 Å². The number of carbonyl (C=O) groups is 1. The molecule has 1 heterocycles. The summed E-state index contributed by atoms with van der Waals surface area (Å²) < 4.78 is 7.01. The molecule has 2 N–H and O–H groups in total. The first-order chi connectivity index (χ1) is 15.0. The molecule has 2 amide bonds. The summed E-state index contributed by atoms with van der Waals surface area (Å²) in [7, 11) is 1.61. The van der Waals surface area contributed by atoms with Gasteiger partial charge in [0.1, 0.15) is 0 Å². The predicted molar refractivity (Wildman–Crippen MR) is 118 cm³/mol. The number of aliphatic hydroxyl groups excluding tert-OH is 1. The normalized spacial score (nSPS) is 11.7. The number of amides is 2. The standard InChI is InChI=1S/C23H26N4O4/c1-26(15-21(28)17-31-16-18-7-3-2-4-8-18)23(30)25-20-10-5-9-19(13-20)14-27-12-6-11-24-22(27)29/h2-13,21,28H,14-17H2,1H3,(H,25,30)/t21-/m1/s1. The fraction of sp³-hybridized carbons (Fsp3) is 0.261. The molecular formula is C23H26N4O4. The molecule has 0 saturated heterocycles. The summed E-state index contributed by atoms with van der Waals surface area (Å²) >= 11 is 0. The average molecular weight is 422 g/mol. The van der Waals surface area contributed by atoms with E-state index in [2.05, 4.69) is 10.3 Å². The molecule has 0 radical (unpaired) electrons. The summed E-state index contributed by atoms with van der Waals surface area (Å²) in [6.07, 6.45) is 2.31. The molecule has 0 fully saturated rings. The number of rotatable bonds is 9. The first-order valence-corrected chi connectivity index (χ1v) is 9.93. The molecule has 0 aliphatic rings. The predicted octanol–water partition coefficient (Wildman–Crippen LogP) is 2.33. The van der Waals surface area contributed by atoms with E-state index >= 15 is 0 Å². The van der Waals surface area contributed by atoms with Crippen LogP contribution in [0.4, 0.5) is 10.5 Å². The van der Waals surface area contributed by atoms with Crippen molar-refractivity contribution in [1.29, 1.82) is 0 Å². The second kappa shape index (κ2) is 11.1. The van der Waals surface area contributed by atoms with Crippen molar-refractivity contribution in [3.63, 3.8) is 0 Å². The van der Waals surface area contributed by atoms with E-state index in [4.69, 9.17) is 4.74 Å². The number of likely N-dealkylation sites (N-methyl/N-ethyl adjacent to an activating group) is 1. The molecule has 8 heteroatoms. The van der Waals surface area contributed by atoms with Crippen molar-refractivity contribution in [2.45, 2.75) is 19.3 Å². The van der Waals surface area contributed by atoms with Crippen molar-refractivity contribution >= 4 is 11.7 Å². The van der Waals surface area contributed by atoms with Crippen LogP contribution < -0.4 is 11.0 Å². The third-order valence-electron chi connectivity index (χ3n) is 4.57. The quantitative estimate of drug-likeness (QED) is 0.552. The Morgan fingerprint density at radius 3 is 2.71 bits per heavy atom. The van der Waals surface area contributed by atoms with Gasteiger partial charge < -0.3 is 20.1 Å². The van der Waals surface area contributed by atoms with Crippen LogP contribution in [0.1, 0.15) is 11.1 Å². The van der Waals surface area contributed by atoms with Gasteiger partial charge in [0.05, 0.1) is 32.4 Å². The number of anilines is 1. The average Bonchev–Trinajstić information content (AvgIpc) is 2.76. The van der Waals surface area contributed by atoms with Crippen LogP contribution in [0.3, 0.4) is 0 Å². The minimum absolute atomic E-state index is 0.127. The Kier molecular flexibility index (Phi) is 7.91. The van der Waals surface area contributed by atoms with Gasteiger partial charge in [-0.2, -0.15) is 0 Å². The van der Waals surface area contributed by atoms with Crippen LogP contribution in [-0.4, -0.2) is 51.9 Å². The minimum atomic E-state index is -0.803. The van der Waals surface area contributed by atoms with Crippen LogP contribution in [0.2, 0.25) is 0 Å². The van der Waals surface area contributed by atoms with Crippen LogP contribution in [0.5, 0.6) is 0 Å². The summed E-state index contributed by atoms with van der Waals surface area (Å²) in [6.45, 7) is 1.01. The van der Waals surface area contributed by atoms with E-state index in [0.29, 0.717) is 18.8 Å². The molecule has 0 bridgehead atoms. The van der Waals surface area contributed by atoms with Gasteiger partial charge in [0.25, 0.3) is 0 Å². The molecule has 0 aliphatic carbocycles. The van der Waals surface area contributed by atoms with Gasteiger partial charge in [0.2, 0.25) is 0 Å². The van der Waals surface area contributed by atoms with Gasteiger partial charge in [-0.25, -0.2) is 14.6 Å². The molecule has 2 aromatic carbocycles. The largest absolute Gasteiger partial charge is 0.389 e. The number of hydrogen-bond donors (Lipinski definition) is 2. The Bertz CT molecular complexity index is 1040. The first-order valence-electron chi connectivity index (χ1n) is 9.93. The molecule has 0 aliphatic heterocycles. The summed E-state index contributed by atoms with van der Waals surface area (Å²) in [5.74, 6) is 0. The molecule has 0 spiro atoms. The fourth-order valence-corrected chi connectivity index (χ4v) is 3.01. The maximum atomic E-state index is 12.5. The Balaban J connectivity index is 1.47. The molecule has 31 heavy (non-hydrogen) atoms. The highest BCUT2D eigenvalue weighted by Crippen LogP contribution is 2.12. The lowest BCUT2D eigenvalue weighted by atomic mass is 10.2. The van der Waals surface area contributed by atoms with Crippen LogP contribution in [-0.2, 0) is 17.9 Å². The maximum Gasteiger partial charge on any atom is 0.347 e. The van der Waals surface area contributed by atoms with E-state index in [1.54, 1.807) is 37.5 Å². The number of hydrogen-bond acceptors (Lipinski definition) is 5. The van der Waals surface area contributed by atoms with Crippen molar-refractivity contribution in [1.82, 2.24) is 14.5 Å². The molecule has 1 atom stereocenters. The monoisotopic (exact) mass is 422 g/mol. The van der Waals surface area contributed by atoms with Crippen LogP contribution >= 0.6 is 0 Å². The van der Waals surface area contributed by atoms with Crippen molar-refractivity contribution in [2.24, 2.45) is 0 Å². The zero-order valence-electron chi connectivity index (χ0n) is 17.3. The molecule has 1 aromatic heterocycles. The van der Waals surface area contributed by atoms with Crippen LogP contribution in [0, 0.1) is 0 Å². The van der Waals surface area contributed by atoms with Gasteiger partial charge in [-0.05, 0) is 29.3 Å². The Morgan fingerprint density at radius 2 is 1.94 bits per heavy atom. The van der Waals surface area contributed by atoms with E-state index < -0.39 is 6.10 Å². The number of aliphatic hydroxyl groups is 1. The van der Waals surface area contributed by atoms with Crippen LogP contribution in [0.15, 0.2) is 77.9 Å². The number of urea groups is 1. The van der Waals surface area contributed by atoms with Gasteiger partial charge in [-0.15, -0.1) is 0 Å². The molecule has 162 valence electrons. The third-order valence-corrected chi connectivity index (χ3v) is 4.57. The summed E-state index contributed by atoms with van der Waals surface area (Å²) in [6, 6.07) is 18.3. The highest BCUT2D eigenvalue weighted by atomic mass is 16.5. The first kappa shape index (κ1) is 22.2. The van der Waals surface area contributed by atoms with Crippen molar-refractivity contribution in [3.05, 3.63) is 94.7 Å². The summed E-state index contributed by atoms with van der Waals surface area (Å²) in [5.41, 5.74) is 2.14. The number of nitrogens with one attached hydrogen (secondary N) is 1. The Morgan fingerprint density at radius 1 is 1.16 bits per heavy atom. The topological polar surface area (TPSA) is 96.7 Å². The van der Waals surface area contributed by atoms with E-state index in [-0.39, 0.29) is 24.9 Å². The van der Waals surface area contributed by atoms with Gasteiger partial charge in [0.15, 0.2) is 0 Å². The fourth-order valence-electron chi connectivity index (χ4n) is 3.01. The third kappa shape index (κ3) is 7.06. The molecule has 8 nitrogen and oxygen atoms in total. The smallest absolute Gasteiger partial charge is 0.347 e. The summed E-state index contributed by atoms with van der Waals surface area (Å²) in [4.78, 5) is 29.4. The Labute approximate surface area is 180 Å². The Hall–Kier alpha value is -3.49. The number of aromatic nitrogens is 2. The van der Waals surface area contributed by atoms with Gasteiger partial charge in [0, 0.05) is 25.1 Å². The van der Waals surface area contributed by atoms with Gasteiger partial charge in [-0.3, -0.25) is 4.57 Å². The molecule has 0 unspecified atom stereocenters. The van der Waals surface area contributed by atoms with Crippen molar-refractivity contribution in [2.75, 3.05) is 25.5 Å². The van der Waals surface area contributed by atoms with E-state index in [1.165, 1.54) is 15.7 Å². The number of benzene rings is 2. The van der Waals surface area contributed by atoms with Gasteiger partial charge >= 0.3 is 11.7 Å². The lowest BCUT2D eigenvalue weighted by Crippen LogP contribution is -2.38. The number of ether oxygens (including phenoxy) is 1. The number of nitrogens with zero attached hydrogens (tertiary/aromatic N) is 3. The van der Waals surface area contributed by atoms with Crippen molar-refractivity contribution < 1.29 is 14.6 Å². The second-order valence-electron chi connectivity index (χ2n) is 7.20.